The molecule has 0 fully saturated rings. The van der Waals surface area contributed by atoms with Crippen LogP contribution in [-0.4, -0.2) is 37.7 Å². The van der Waals surface area contributed by atoms with Gasteiger partial charge in [0, 0.05) is 12.6 Å². The van der Waals surface area contributed by atoms with E-state index in [0.29, 0.717) is 6.04 Å². The first-order chi connectivity index (χ1) is 8.67. The molecule has 1 unspecified atom stereocenters. The van der Waals surface area contributed by atoms with Crippen molar-refractivity contribution in [2.75, 3.05) is 26.7 Å². The van der Waals surface area contributed by atoms with Crippen molar-refractivity contribution in [2.24, 2.45) is 5.73 Å². The minimum atomic E-state index is 0.553. The van der Waals surface area contributed by atoms with Crippen LogP contribution in [0.15, 0.2) is 24.3 Å². The third kappa shape index (κ3) is 5.07. The first kappa shape index (κ1) is 15.0. The van der Waals surface area contributed by atoms with Crippen LogP contribution in [0.1, 0.15) is 25.8 Å². The normalized spacial score (nSPS) is 12.7. The van der Waals surface area contributed by atoms with Gasteiger partial charge in [-0.25, -0.2) is 0 Å². The van der Waals surface area contributed by atoms with E-state index in [0.717, 1.165) is 38.3 Å². The van der Waals surface area contributed by atoms with Gasteiger partial charge >= 0.3 is 0 Å². The molecule has 0 aliphatic rings. The standard InChI is InChI=1S/C15H26N2O/c1-4-18-15-7-5-14(6-8-15)10-12-17(3)13(2)9-11-16/h5-8,13H,4,9-12,16H2,1-3H3. The Balaban J connectivity index is 2.38. The zero-order valence-corrected chi connectivity index (χ0v) is 11.9. The number of ether oxygens (including phenoxy) is 1. The summed E-state index contributed by atoms with van der Waals surface area (Å²) in [6.45, 7) is 6.77. The molecular weight excluding hydrogens is 224 g/mol. The number of hydrogen-bond acceptors (Lipinski definition) is 3. The molecule has 3 nitrogen and oxygen atoms in total. The summed E-state index contributed by atoms with van der Waals surface area (Å²) in [6, 6.07) is 8.93. The largest absolute Gasteiger partial charge is 0.494 e. The van der Waals surface area contributed by atoms with Crippen LogP contribution < -0.4 is 10.5 Å². The maximum absolute atomic E-state index is 5.58. The minimum absolute atomic E-state index is 0.553. The fourth-order valence-corrected chi connectivity index (χ4v) is 1.91. The Labute approximate surface area is 111 Å². The molecule has 2 N–H and O–H groups in total. The van der Waals surface area contributed by atoms with Gasteiger partial charge in [-0.05, 0) is 58.0 Å². The summed E-state index contributed by atoms with van der Waals surface area (Å²) in [7, 11) is 2.16. The number of benzene rings is 1. The molecule has 0 saturated carbocycles. The average molecular weight is 250 g/mol. The van der Waals surface area contributed by atoms with E-state index >= 15 is 0 Å². The molecule has 0 aliphatic carbocycles. The van der Waals surface area contributed by atoms with E-state index in [-0.39, 0.29) is 0 Å². The number of hydrogen-bond donors (Lipinski definition) is 1. The van der Waals surface area contributed by atoms with E-state index in [1.165, 1.54) is 5.56 Å². The highest BCUT2D eigenvalue weighted by Gasteiger charge is 2.07. The molecule has 0 saturated heterocycles. The summed E-state index contributed by atoms with van der Waals surface area (Å²) in [5.41, 5.74) is 6.93. The lowest BCUT2D eigenvalue weighted by Gasteiger charge is -2.24. The van der Waals surface area contributed by atoms with Crippen LogP contribution in [0.5, 0.6) is 5.75 Å². The van der Waals surface area contributed by atoms with E-state index < -0.39 is 0 Å². The molecule has 0 bridgehead atoms. The van der Waals surface area contributed by atoms with Crippen LogP contribution in [-0.2, 0) is 6.42 Å². The van der Waals surface area contributed by atoms with Gasteiger partial charge in [0.1, 0.15) is 5.75 Å². The minimum Gasteiger partial charge on any atom is -0.494 e. The van der Waals surface area contributed by atoms with Crippen molar-refractivity contribution in [1.82, 2.24) is 4.90 Å². The topological polar surface area (TPSA) is 38.5 Å². The summed E-state index contributed by atoms with van der Waals surface area (Å²) in [6.07, 6.45) is 2.12. The molecule has 3 heteroatoms. The van der Waals surface area contributed by atoms with Gasteiger partial charge in [-0.15, -0.1) is 0 Å². The second-order valence-electron chi connectivity index (χ2n) is 4.73. The smallest absolute Gasteiger partial charge is 0.119 e. The molecule has 0 radical (unpaired) electrons. The monoisotopic (exact) mass is 250 g/mol. The molecule has 0 spiro atoms. The van der Waals surface area contributed by atoms with E-state index in [2.05, 4.69) is 31.0 Å². The Hall–Kier alpha value is -1.06. The lowest BCUT2D eigenvalue weighted by molar-refractivity contribution is 0.251. The highest BCUT2D eigenvalue weighted by molar-refractivity contribution is 5.27. The van der Waals surface area contributed by atoms with Gasteiger partial charge in [0.2, 0.25) is 0 Å². The van der Waals surface area contributed by atoms with Gasteiger partial charge < -0.3 is 15.4 Å². The first-order valence-corrected chi connectivity index (χ1v) is 6.79. The van der Waals surface area contributed by atoms with Crippen LogP contribution >= 0.6 is 0 Å². The second-order valence-corrected chi connectivity index (χ2v) is 4.73. The van der Waals surface area contributed by atoms with Gasteiger partial charge in [-0.2, -0.15) is 0 Å². The van der Waals surface area contributed by atoms with Crippen molar-refractivity contribution in [1.29, 1.82) is 0 Å². The predicted octanol–water partition coefficient (Wildman–Crippen LogP) is 2.30. The molecule has 1 rings (SSSR count). The second kappa shape index (κ2) is 8.11. The van der Waals surface area contributed by atoms with Crippen molar-refractivity contribution < 1.29 is 4.74 Å². The number of nitrogens with zero attached hydrogens (tertiary/aromatic N) is 1. The number of nitrogens with two attached hydrogens (primary N) is 1. The van der Waals surface area contributed by atoms with Gasteiger partial charge in [0.15, 0.2) is 0 Å². The van der Waals surface area contributed by atoms with Crippen LogP contribution in [0, 0.1) is 0 Å². The summed E-state index contributed by atoms with van der Waals surface area (Å²) in [5.74, 6) is 0.950. The van der Waals surface area contributed by atoms with Gasteiger partial charge in [0.25, 0.3) is 0 Å². The molecule has 0 aromatic heterocycles. The summed E-state index contributed by atoms with van der Waals surface area (Å²) >= 11 is 0. The number of likely N-dealkylation sites (N-methyl/N-ethyl adjacent to an activating group) is 1. The van der Waals surface area contributed by atoms with Crippen molar-refractivity contribution >= 4 is 0 Å². The molecule has 0 aliphatic heterocycles. The van der Waals surface area contributed by atoms with E-state index in [4.69, 9.17) is 10.5 Å². The van der Waals surface area contributed by atoms with Crippen LogP contribution in [0.3, 0.4) is 0 Å². The Bertz CT molecular complexity index is 324. The third-order valence-electron chi connectivity index (χ3n) is 3.32. The lowest BCUT2D eigenvalue weighted by Crippen LogP contribution is -2.32. The SMILES string of the molecule is CCOc1ccc(CCN(C)C(C)CCN)cc1. The van der Waals surface area contributed by atoms with Crippen LogP contribution in [0.2, 0.25) is 0 Å². The van der Waals surface area contributed by atoms with Gasteiger partial charge in [-0.1, -0.05) is 12.1 Å². The lowest BCUT2D eigenvalue weighted by atomic mass is 10.1. The predicted molar refractivity (Wildman–Crippen MR) is 77.1 cm³/mol. The van der Waals surface area contributed by atoms with Crippen LogP contribution in [0.25, 0.3) is 0 Å². The average Bonchev–Trinajstić information content (AvgIpc) is 2.38. The summed E-state index contributed by atoms with van der Waals surface area (Å²) in [5, 5.41) is 0. The van der Waals surface area contributed by atoms with E-state index in [1.54, 1.807) is 0 Å². The zero-order chi connectivity index (χ0) is 13.4. The van der Waals surface area contributed by atoms with Gasteiger partial charge in [-0.3, -0.25) is 0 Å². The Morgan fingerprint density at radius 3 is 2.50 bits per heavy atom. The molecule has 1 aromatic carbocycles. The van der Waals surface area contributed by atoms with E-state index in [9.17, 15) is 0 Å². The maximum atomic E-state index is 5.58. The molecule has 1 aromatic rings. The molecule has 102 valence electrons. The van der Waals surface area contributed by atoms with E-state index in [1.807, 2.05) is 19.1 Å². The first-order valence-electron chi connectivity index (χ1n) is 6.79. The number of rotatable bonds is 8. The Morgan fingerprint density at radius 1 is 1.28 bits per heavy atom. The maximum Gasteiger partial charge on any atom is 0.119 e. The summed E-state index contributed by atoms with van der Waals surface area (Å²) < 4.78 is 5.43. The zero-order valence-electron chi connectivity index (χ0n) is 11.9. The molecule has 0 amide bonds. The fraction of sp³-hybridized carbons (Fsp3) is 0.600. The van der Waals surface area contributed by atoms with Gasteiger partial charge in [0.05, 0.1) is 6.61 Å². The van der Waals surface area contributed by atoms with Crippen molar-refractivity contribution in [3.8, 4) is 5.75 Å². The molecule has 1 atom stereocenters. The highest BCUT2D eigenvalue weighted by Crippen LogP contribution is 2.13. The highest BCUT2D eigenvalue weighted by atomic mass is 16.5. The Morgan fingerprint density at radius 2 is 1.94 bits per heavy atom. The fourth-order valence-electron chi connectivity index (χ4n) is 1.91. The Kier molecular flexibility index (Phi) is 6.76. The molecular formula is C15H26N2O. The molecule has 0 heterocycles. The van der Waals surface area contributed by atoms with Crippen LogP contribution in [0.4, 0.5) is 0 Å². The summed E-state index contributed by atoms with van der Waals surface area (Å²) in [4.78, 5) is 2.36. The van der Waals surface area contributed by atoms with Crippen molar-refractivity contribution in [3.05, 3.63) is 29.8 Å². The molecule has 18 heavy (non-hydrogen) atoms. The van der Waals surface area contributed by atoms with Crippen molar-refractivity contribution in [2.45, 2.75) is 32.7 Å². The quantitative estimate of drug-likeness (QED) is 0.769. The third-order valence-corrected chi connectivity index (χ3v) is 3.32. The van der Waals surface area contributed by atoms with Crippen molar-refractivity contribution in [3.63, 3.8) is 0 Å².